The van der Waals surface area contributed by atoms with Gasteiger partial charge in [0.25, 0.3) is 0 Å². The fourth-order valence-electron chi connectivity index (χ4n) is 2.58. The summed E-state index contributed by atoms with van der Waals surface area (Å²) in [6.45, 7) is 4.36. The largest absolute Gasteiger partial charge is 0.463 e. The van der Waals surface area contributed by atoms with Crippen LogP contribution in [-0.4, -0.2) is 5.11 Å². The number of aryl methyl sites for hydroxylation is 1. The topological polar surface area (TPSA) is 33.4 Å². The molecule has 1 aliphatic rings. The number of hydrogen-bond donors (Lipinski definition) is 1. The van der Waals surface area contributed by atoms with Gasteiger partial charge in [-0.05, 0) is 36.8 Å². The Kier molecular flexibility index (Phi) is 3.70. The van der Waals surface area contributed by atoms with Gasteiger partial charge in [-0.1, -0.05) is 26.7 Å². The minimum atomic E-state index is -0.396. The molecule has 90 valence electrons. The summed E-state index contributed by atoms with van der Waals surface area (Å²) < 4.78 is 5.62. The predicted molar refractivity (Wildman–Crippen MR) is 64.2 cm³/mol. The first-order chi connectivity index (χ1) is 7.70. The molecule has 1 atom stereocenters. The fraction of sp³-hybridized carbons (Fsp3) is 0.714. The highest BCUT2D eigenvalue weighted by molar-refractivity contribution is 5.10. The van der Waals surface area contributed by atoms with Crippen molar-refractivity contribution in [3.05, 3.63) is 23.7 Å². The summed E-state index contributed by atoms with van der Waals surface area (Å²) in [4.78, 5) is 0. The first-order valence-corrected chi connectivity index (χ1v) is 6.47. The second-order valence-corrected chi connectivity index (χ2v) is 5.12. The molecular weight excluding hydrogens is 200 g/mol. The Morgan fingerprint density at radius 1 is 1.31 bits per heavy atom. The Morgan fingerprint density at radius 2 is 2.00 bits per heavy atom. The molecule has 0 bridgehead atoms. The van der Waals surface area contributed by atoms with Crippen molar-refractivity contribution in [2.75, 3.05) is 0 Å². The van der Waals surface area contributed by atoms with Gasteiger partial charge in [-0.15, -0.1) is 0 Å². The third kappa shape index (κ3) is 2.49. The first-order valence-electron chi connectivity index (χ1n) is 6.47. The minimum absolute atomic E-state index is 0.395. The molecule has 1 aromatic heterocycles. The van der Waals surface area contributed by atoms with E-state index in [1.807, 2.05) is 12.1 Å². The van der Waals surface area contributed by atoms with Crippen LogP contribution in [-0.2, 0) is 6.42 Å². The molecule has 0 aromatic carbocycles. The van der Waals surface area contributed by atoms with E-state index in [1.165, 1.54) is 12.8 Å². The molecule has 2 heteroatoms. The van der Waals surface area contributed by atoms with Crippen LogP contribution in [0.15, 0.2) is 16.5 Å². The SMILES string of the molecule is CCc1ccc(C(O)C2CCC(C)CC2)o1. The smallest absolute Gasteiger partial charge is 0.132 e. The molecule has 1 fully saturated rings. The van der Waals surface area contributed by atoms with Gasteiger partial charge in [0.1, 0.15) is 17.6 Å². The summed E-state index contributed by atoms with van der Waals surface area (Å²) in [7, 11) is 0. The highest BCUT2D eigenvalue weighted by atomic mass is 16.4. The summed E-state index contributed by atoms with van der Waals surface area (Å²) in [5.41, 5.74) is 0. The predicted octanol–water partition coefficient (Wildman–Crippen LogP) is 3.70. The van der Waals surface area contributed by atoms with Gasteiger partial charge in [0.05, 0.1) is 0 Å². The fourth-order valence-corrected chi connectivity index (χ4v) is 2.58. The second-order valence-electron chi connectivity index (χ2n) is 5.12. The third-order valence-corrected chi connectivity index (χ3v) is 3.83. The second kappa shape index (κ2) is 5.05. The van der Waals surface area contributed by atoms with Crippen LogP contribution in [0, 0.1) is 11.8 Å². The standard InChI is InChI=1S/C14H22O2/c1-3-12-8-9-13(16-12)14(15)11-6-4-10(2)5-7-11/h8-11,14-15H,3-7H2,1-2H3. The Labute approximate surface area is 97.7 Å². The van der Waals surface area contributed by atoms with Gasteiger partial charge in [-0.3, -0.25) is 0 Å². The Hall–Kier alpha value is -0.760. The van der Waals surface area contributed by atoms with Crippen LogP contribution in [0.5, 0.6) is 0 Å². The van der Waals surface area contributed by atoms with Crippen LogP contribution in [0.2, 0.25) is 0 Å². The van der Waals surface area contributed by atoms with Crippen molar-refractivity contribution in [2.24, 2.45) is 11.8 Å². The lowest BCUT2D eigenvalue weighted by molar-refractivity contribution is 0.0566. The van der Waals surface area contributed by atoms with Crippen LogP contribution >= 0.6 is 0 Å². The average molecular weight is 222 g/mol. The summed E-state index contributed by atoms with van der Waals surface area (Å²) in [6.07, 6.45) is 5.24. The van der Waals surface area contributed by atoms with Crippen molar-refractivity contribution < 1.29 is 9.52 Å². The van der Waals surface area contributed by atoms with E-state index >= 15 is 0 Å². The van der Waals surface area contributed by atoms with E-state index in [9.17, 15) is 5.11 Å². The molecular formula is C14H22O2. The molecule has 16 heavy (non-hydrogen) atoms. The highest BCUT2D eigenvalue weighted by Crippen LogP contribution is 2.37. The summed E-state index contributed by atoms with van der Waals surface area (Å²) in [5, 5.41) is 10.2. The quantitative estimate of drug-likeness (QED) is 0.846. The third-order valence-electron chi connectivity index (χ3n) is 3.83. The van der Waals surface area contributed by atoms with Crippen LogP contribution in [0.3, 0.4) is 0 Å². The zero-order valence-corrected chi connectivity index (χ0v) is 10.3. The van der Waals surface area contributed by atoms with Gasteiger partial charge in [0, 0.05) is 6.42 Å². The normalized spacial score (nSPS) is 27.9. The zero-order valence-electron chi connectivity index (χ0n) is 10.3. The number of aliphatic hydroxyl groups is 1. The monoisotopic (exact) mass is 222 g/mol. The van der Waals surface area contributed by atoms with Crippen molar-refractivity contribution in [1.29, 1.82) is 0 Å². The maximum Gasteiger partial charge on any atom is 0.132 e. The van der Waals surface area contributed by atoms with E-state index in [4.69, 9.17) is 4.42 Å². The molecule has 0 spiro atoms. The molecule has 1 aromatic rings. The lowest BCUT2D eigenvalue weighted by Crippen LogP contribution is -2.18. The van der Waals surface area contributed by atoms with Crippen molar-refractivity contribution in [3.8, 4) is 0 Å². The van der Waals surface area contributed by atoms with E-state index in [2.05, 4.69) is 13.8 Å². The summed E-state index contributed by atoms with van der Waals surface area (Å²) >= 11 is 0. The molecule has 1 heterocycles. The molecule has 2 rings (SSSR count). The van der Waals surface area contributed by atoms with Crippen LogP contribution in [0.1, 0.15) is 57.2 Å². The number of aliphatic hydroxyl groups excluding tert-OH is 1. The Balaban J connectivity index is 1.98. The lowest BCUT2D eigenvalue weighted by atomic mass is 9.80. The van der Waals surface area contributed by atoms with Gasteiger partial charge in [-0.25, -0.2) is 0 Å². The maximum absolute atomic E-state index is 10.2. The zero-order chi connectivity index (χ0) is 11.5. The molecule has 1 N–H and O–H groups in total. The van der Waals surface area contributed by atoms with E-state index in [-0.39, 0.29) is 0 Å². The van der Waals surface area contributed by atoms with Crippen molar-refractivity contribution in [3.63, 3.8) is 0 Å². The Bertz CT molecular complexity index is 321. The summed E-state index contributed by atoms with van der Waals surface area (Å²) in [5.74, 6) is 2.95. The van der Waals surface area contributed by atoms with Crippen LogP contribution in [0.4, 0.5) is 0 Å². The molecule has 0 amide bonds. The van der Waals surface area contributed by atoms with E-state index < -0.39 is 6.10 Å². The molecule has 0 aliphatic heterocycles. The molecule has 2 nitrogen and oxygen atoms in total. The van der Waals surface area contributed by atoms with Gasteiger partial charge < -0.3 is 9.52 Å². The van der Waals surface area contributed by atoms with Gasteiger partial charge in [0.2, 0.25) is 0 Å². The molecule has 1 aliphatic carbocycles. The van der Waals surface area contributed by atoms with E-state index in [0.717, 1.165) is 36.7 Å². The molecule has 0 radical (unpaired) electrons. The van der Waals surface area contributed by atoms with Crippen molar-refractivity contribution in [2.45, 2.75) is 52.1 Å². The average Bonchev–Trinajstić information content (AvgIpc) is 2.77. The van der Waals surface area contributed by atoms with Gasteiger partial charge in [-0.2, -0.15) is 0 Å². The highest BCUT2D eigenvalue weighted by Gasteiger charge is 2.27. The number of hydrogen-bond acceptors (Lipinski definition) is 2. The lowest BCUT2D eigenvalue weighted by Gasteiger charge is -2.28. The molecule has 1 unspecified atom stereocenters. The van der Waals surface area contributed by atoms with Crippen molar-refractivity contribution >= 4 is 0 Å². The van der Waals surface area contributed by atoms with Crippen LogP contribution < -0.4 is 0 Å². The van der Waals surface area contributed by atoms with E-state index in [0.29, 0.717) is 5.92 Å². The van der Waals surface area contributed by atoms with Gasteiger partial charge in [0.15, 0.2) is 0 Å². The Morgan fingerprint density at radius 3 is 2.56 bits per heavy atom. The first kappa shape index (κ1) is 11.7. The number of rotatable bonds is 3. The van der Waals surface area contributed by atoms with E-state index in [1.54, 1.807) is 0 Å². The van der Waals surface area contributed by atoms with Crippen LogP contribution in [0.25, 0.3) is 0 Å². The summed E-state index contributed by atoms with van der Waals surface area (Å²) in [6, 6.07) is 3.91. The number of furan rings is 1. The van der Waals surface area contributed by atoms with Crippen molar-refractivity contribution in [1.82, 2.24) is 0 Å². The molecule has 0 saturated heterocycles. The maximum atomic E-state index is 10.2. The van der Waals surface area contributed by atoms with Gasteiger partial charge >= 0.3 is 0 Å². The minimum Gasteiger partial charge on any atom is -0.463 e. The molecule has 1 saturated carbocycles.